The van der Waals surface area contributed by atoms with Gasteiger partial charge in [0.1, 0.15) is 6.29 Å². The van der Waals surface area contributed by atoms with Crippen molar-refractivity contribution in [3.8, 4) is 0 Å². The molecule has 4 nitrogen and oxygen atoms in total. The molecule has 23 heteroatoms. The van der Waals surface area contributed by atoms with E-state index < -0.39 is 90.1 Å². The number of hydrogen-bond donors (Lipinski definition) is 0. The third-order valence-electron chi connectivity index (χ3n) is 7.04. The van der Waals surface area contributed by atoms with Crippen LogP contribution in [0.3, 0.4) is 0 Å². The summed E-state index contributed by atoms with van der Waals surface area (Å²) >= 11 is 0. The number of rotatable bonds is 12. The van der Waals surface area contributed by atoms with Crippen molar-refractivity contribution >= 4 is 26.7 Å². The van der Waals surface area contributed by atoms with Crippen molar-refractivity contribution in [3.63, 3.8) is 0 Å². The first-order valence-electron chi connectivity index (χ1n) is 11.3. The summed E-state index contributed by atoms with van der Waals surface area (Å²) in [5.74, 6) is -54.3. The van der Waals surface area contributed by atoms with Gasteiger partial charge in [0.25, 0.3) is 0 Å². The van der Waals surface area contributed by atoms with Crippen molar-refractivity contribution in [3.05, 3.63) is 0 Å². The molecule has 0 N–H and O–H groups in total. The molecular formula is C19H19F17O4S2. The van der Waals surface area contributed by atoms with Gasteiger partial charge < -0.3 is 4.79 Å². The zero-order valence-corrected chi connectivity index (χ0v) is 21.9. The van der Waals surface area contributed by atoms with E-state index >= 15 is 0 Å². The lowest BCUT2D eigenvalue weighted by atomic mass is 9.91. The molecule has 2 atom stereocenters. The van der Waals surface area contributed by atoms with Crippen LogP contribution >= 0.6 is 10.3 Å². The van der Waals surface area contributed by atoms with Gasteiger partial charge in [-0.05, 0) is 31.6 Å². The topological polar surface area (TPSA) is 60.4 Å². The maximum atomic E-state index is 14.6. The maximum Gasteiger partial charge on any atom is 0.460 e. The van der Waals surface area contributed by atoms with Gasteiger partial charge in [0, 0.05) is 11.0 Å². The van der Waals surface area contributed by atoms with Gasteiger partial charge in [-0.15, -0.1) is 10.3 Å². The Kier molecular flexibility index (Phi) is 9.39. The van der Waals surface area contributed by atoms with Crippen LogP contribution < -0.4 is 0 Å². The first kappa shape index (κ1) is 36.9. The molecule has 250 valence electrons. The summed E-state index contributed by atoms with van der Waals surface area (Å²) in [6, 6.07) is 0. The minimum Gasteiger partial charge on any atom is -0.302 e. The normalized spacial score (nSPS) is 26.4. The molecule has 0 radical (unpaired) electrons. The summed E-state index contributed by atoms with van der Waals surface area (Å²) < 4.78 is 259. The van der Waals surface area contributed by atoms with Crippen molar-refractivity contribution in [1.29, 1.82) is 0 Å². The third-order valence-corrected chi connectivity index (χ3v) is 13.1. The summed E-state index contributed by atoms with van der Waals surface area (Å²) in [6.07, 6.45) is -6.62. The van der Waals surface area contributed by atoms with Gasteiger partial charge in [-0.3, -0.25) is 0 Å². The Bertz CT molecular complexity index is 1120. The van der Waals surface area contributed by atoms with E-state index in [1.54, 1.807) is 0 Å². The van der Waals surface area contributed by atoms with E-state index in [2.05, 4.69) is 3.63 Å². The molecule has 0 bridgehead atoms. The van der Waals surface area contributed by atoms with E-state index in [0.717, 1.165) is 0 Å². The predicted molar refractivity (Wildman–Crippen MR) is 109 cm³/mol. The van der Waals surface area contributed by atoms with Crippen LogP contribution in [-0.2, 0) is 18.5 Å². The molecule has 1 saturated heterocycles. The highest BCUT2D eigenvalue weighted by Gasteiger charge is 2.96. The molecule has 2 aliphatic rings. The van der Waals surface area contributed by atoms with Crippen LogP contribution in [0.25, 0.3) is 0 Å². The van der Waals surface area contributed by atoms with E-state index in [9.17, 15) is 87.8 Å². The molecule has 2 rings (SSSR count). The van der Waals surface area contributed by atoms with Crippen LogP contribution in [0.15, 0.2) is 0 Å². The lowest BCUT2D eigenvalue weighted by Crippen LogP contribution is -2.75. The van der Waals surface area contributed by atoms with Gasteiger partial charge in [-0.1, -0.05) is 12.8 Å². The molecule has 0 amide bonds. The van der Waals surface area contributed by atoms with Crippen LogP contribution in [0.1, 0.15) is 38.5 Å². The largest absolute Gasteiger partial charge is 0.460 e. The molecule has 0 spiro atoms. The Morgan fingerprint density at radius 1 is 0.619 bits per heavy atom. The molecule has 0 aromatic rings. The van der Waals surface area contributed by atoms with E-state index in [4.69, 9.17) is 0 Å². The van der Waals surface area contributed by atoms with E-state index in [1.807, 2.05) is 0 Å². The molecule has 0 aromatic heterocycles. The molecule has 1 aliphatic heterocycles. The number of alkyl halides is 17. The van der Waals surface area contributed by atoms with Gasteiger partial charge in [0.15, 0.2) is 0 Å². The molecule has 42 heavy (non-hydrogen) atoms. The Morgan fingerprint density at radius 2 is 1.02 bits per heavy atom. The summed E-state index contributed by atoms with van der Waals surface area (Å²) in [4.78, 5) is 11.2. The van der Waals surface area contributed by atoms with Crippen LogP contribution in [0.4, 0.5) is 74.6 Å². The zero-order chi connectivity index (χ0) is 33.2. The standard InChI is InChI=1S/C19H19F17O4S2/c20-12(21,14(24,25)16(28,29)18(32,33)34)13(22,23)15(26,27)17(30,31)19(35,36)42(38,39)40-41(9-7-37)8-3-6-11(41)10-4-1-2-5-10/h7,10-11H,1-6,8-9H2. The van der Waals surface area contributed by atoms with Gasteiger partial charge in [-0.25, -0.2) is 3.63 Å². The molecular weight excluding hydrogens is 679 g/mol. The quantitative estimate of drug-likeness (QED) is 0.156. The third kappa shape index (κ3) is 5.03. The average Bonchev–Trinajstić information content (AvgIpc) is 3.47. The predicted octanol–water partition coefficient (Wildman–Crippen LogP) is 7.57. The fourth-order valence-electron chi connectivity index (χ4n) is 4.77. The minimum atomic E-state index is -8.91. The summed E-state index contributed by atoms with van der Waals surface area (Å²) in [5.41, 5.74) is 0. The van der Waals surface area contributed by atoms with Crippen molar-refractivity contribution in [2.75, 3.05) is 11.5 Å². The molecule has 2 unspecified atom stereocenters. The zero-order valence-electron chi connectivity index (χ0n) is 20.3. The van der Waals surface area contributed by atoms with Crippen molar-refractivity contribution < 1.29 is 91.5 Å². The van der Waals surface area contributed by atoms with Crippen molar-refractivity contribution in [2.24, 2.45) is 5.92 Å². The summed E-state index contributed by atoms with van der Waals surface area (Å²) in [5, 5.41) is -8.85. The van der Waals surface area contributed by atoms with Crippen LogP contribution in [0, 0.1) is 5.92 Å². The first-order chi connectivity index (χ1) is 18.5. The maximum absolute atomic E-state index is 14.6. The van der Waals surface area contributed by atoms with Crippen LogP contribution in [-0.4, -0.2) is 78.4 Å². The van der Waals surface area contributed by atoms with Gasteiger partial charge in [-0.2, -0.15) is 83.1 Å². The number of carbonyl (C=O) groups is 1. The van der Waals surface area contributed by atoms with Crippen LogP contribution in [0.5, 0.6) is 0 Å². The van der Waals surface area contributed by atoms with Crippen molar-refractivity contribution in [2.45, 2.75) is 90.7 Å². The molecule has 1 saturated carbocycles. The minimum absolute atomic E-state index is 0.0612. The van der Waals surface area contributed by atoms with E-state index in [-0.39, 0.29) is 32.0 Å². The second-order valence-corrected chi connectivity index (χ2v) is 14.7. The van der Waals surface area contributed by atoms with Gasteiger partial charge >= 0.3 is 57.1 Å². The Balaban J connectivity index is 2.62. The highest BCUT2D eigenvalue weighted by molar-refractivity contribution is 8.34. The van der Waals surface area contributed by atoms with E-state index in [0.29, 0.717) is 12.8 Å². The molecule has 1 aliphatic carbocycles. The molecule has 2 fully saturated rings. The highest BCUT2D eigenvalue weighted by atomic mass is 32.3. The lowest BCUT2D eigenvalue weighted by Gasteiger charge is -2.44. The summed E-state index contributed by atoms with van der Waals surface area (Å²) in [6.45, 7) is 0. The van der Waals surface area contributed by atoms with E-state index in [1.165, 1.54) is 0 Å². The lowest BCUT2D eigenvalue weighted by molar-refractivity contribution is -0.458. The van der Waals surface area contributed by atoms with Crippen molar-refractivity contribution in [1.82, 2.24) is 0 Å². The fourth-order valence-corrected chi connectivity index (χ4v) is 11.1. The number of halogens is 17. The van der Waals surface area contributed by atoms with Gasteiger partial charge in [0.2, 0.25) is 0 Å². The average molecular weight is 698 g/mol. The molecule has 1 heterocycles. The van der Waals surface area contributed by atoms with Gasteiger partial charge in [0.05, 0.1) is 5.75 Å². The summed E-state index contributed by atoms with van der Waals surface area (Å²) in [7, 11) is -11.5. The Labute approximate surface area is 226 Å². The SMILES string of the molecule is O=CCS1(OS(=O)(=O)C(F)(F)C(F)(F)C(F)(F)C(F)(F)C(F)(F)C(F)(F)C(F)(F)C(F)(F)F)CCCC1C1CCCC1. The number of aldehydes is 1. The number of carbonyl (C=O) groups excluding carboxylic acids is 1. The Hall–Kier alpha value is -1.26. The highest BCUT2D eigenvalue weighted by Crippen LogP contribution is 2.68. The van der Waals surface area contributed by atoms with Crippen LogP contribution in [0.2, 0.25) is 0 Å². The first-order valence-corrected chi connectivity index (χ1v) is 14.7. The second-order valence-electron chi connectivity index (χ2n) is 9.62. The Morgan fingerprint density at radius 3 is 1.43 bits per heavy atom. The number of hydrogen-bond acceptors (Lipinski definition) is 4. The smallest absolute Gasteiger partial charge is 0.302 e. The molecule has 0 aromatic carbocycles. The fraction of sp³-hybridized carbons (Fsp3) is 0.947. The monoisotopic (exact) mass is 698 g/mol. The second kappa shape index (κ2) is 10.7.